The molecule has 0 saturated heterocycles. The first kappa shape index (κ1) is 41.8. The number of likely N-dealkylation sites (N-methyl/N-ethyl adjacent to an activating group) is 1. The molecule has 288 valence electrons. The number of methoxy groups -OCH3 is 1. The molecule has 4 rings (SSSR count). The fraction of sp³-hybridized carbons (Fsp3) is 0.395. The summed E-state index contributed by atoms with van der Waals surface area (Å²) in [6.07, 6.45) is 0.405. The van der Waals surface area contributed by atoms with Crippen molar-refractivity contribution in [2.24, 2.45) is 11.8 Å². The molecule has 0 fully saturated rings. The van der Waals surface area contributed by atoms with Crippen molar-refractivity contribution in [2.75, 3.05) is 27.2 Å². The maximum atomic E-state index is 14.6. The Balaban J connectivity index is 1.69. The van der Waals surface area contributed by atoms with E-state index >= 15 is 0 Å². The number of hydrogen-bond donors (Lipinski definition) is 3. The van der Waals surface area contributed by atoms with Gasteiger partial charge in [-0.15, -0.1) is 0 Å². The molecule has 11 heteroatoms. The van der Waals surface area contributed by atoms with Crippen LogP contribution >= 0.6 is 11.6 Å². The van der Waals surface area contributed by atoms with E-state index in [2.05, 4.69) is 15.5 Å². The van der Waals surface area contributed by atoms with Gasteiger partial charge in [0.05, 0.1) is 13.5 Å². The highest BCUT2D eigenvalue weighted by Gasteiger charge is 2.35. The van der Waals surface area contributed by atoms with E-state index in [1.54, 1.807) is 44.1 Å². The van der Waals surface area contributed by atoms with Gasteiger partial charge >= 0.3 is 5.97 Å². The lowest BCUT2D eigenvalue weighted by Crippen LogP contribution is -2.58. The predicted molar refractivity (Wildman–Crippen MR) is 213 cm³/mol. The zero-order chi connectivity index (χ0) is 39.4. The van der Waals surface area contributed by atoms with Crippen molar-refractivity contribution in [2.45, 2.75) is 71.6 Å². The smallest absolute Gasteiger partial charge is 0.326 e. The maximum Gasteiger partial charge on any atom is 0.326 e. The molecule has 0 bridgehead atoms. The zero-order valence-electron chi connectivity index (χ0n) is 32.1. The molecule has 0 spiro atoms. The Morgan fingerprint density at radius 2 is 1.41 bits per heavy atom. The first-order chi connectivity index (χ1) is 25.8. The number of nitrogens with zero attached hydrogens (tertiary/aromatic N) is 2. The molecule has 4 aromatic rings. The summed E-state index contributed by atoms with van der Waals surface area (Å²) in [7, 11) is 3.57. The molecule has 0 aliphatic carbocycles. The Kier molecular flexibility index (Phi) is 15.4. The molecular weight excluding hydrogens is 704 g/mol. The summed E-state index contributed by atoms with van der Waals surface area (Å²) in [5, 5.41) is 17.9. The number of carboxylic acid groups (broad SMARTS) is 1. The average molecular weight is 757 g/mol. The van der Waals surface area contributed by atoms with Gasteiger partial charge in [-0.05, 0) is 59.3 Å². The van der Waals surface area contributed by atoms with Crippen LogP contribution in [0.4, 0.5) is 0 Å². The van der Waals surface area contributed by atoms with Gasteiger partial charge in [0.2, 0.25) is 17.7 Å². The van der Waals surface area contributed by atoms with Crippen molar-refractivity contribution in [1.82, 2.24) is 20.4 Å². The number of hydrogen-bond acceptors (Lipinski definition) is 6. The van der Waals surface area contributed by atoms with Crippen molar-refractivity contribution >= 4 is 46.1 Å². The number of aliphatic carboxylic acids is 1. The number of carbonyl (C=O) groups excluding carboxylic acids is 3. The van der Waals surface area contributed by atoms with Crippen LogP contribution in [-0.2, 0) is 38.6 Å². The number of para-hydroxylation sites is 1. The van der Waals surface area contributed by atoms with E-state index in [4.69, 9.17) is 16.3 Å². The molecule has 54 heavy (non-hydrogen) atoms. The predicted octanol–water partition coefficient (Wildman–Crippen LogP) is 6.37. The number of nitrogens with one attached hydrogen (secondary N) is 2. The van der Waals surface area contributed by atoms with Gasteiger partial charge in [0.1, 0.15) is 23.9 Å². The van der Waals surface area contributed by atoms with Crippen molar-refractivity contribution in [3.05, 3.63) is 113 Å². The van der Waals surface area contributed by atoms with Crippen LogP contribution in [0.1, 0.15) is 50.8 Å². The van der Waals surface area contributed by atoms with Gasteiger partial charge in [-0.3, -0.25) is 14.4 Å². The third-order valence-corrected chi connectivity index (χ3v) is 9.88. The molecule has 0 aliphatic rings. The molecule has 0 radical (unpaired) electrons. The van der Waals surface area contributed by atoms with Crippen LogP contribution in [0.5, 0.6) is 5.75 Å². The molecule has 4 aromatic carbocycles. The summed E-state index contributed by atoms with van der Waals surface area (Å²) in [6.45, 7) is 8.58. The first-order valence-corrected chi connectivity index (χ1v) is 18.8. The lowest BCUT2D eigenvalue weighted by molar-refractivity contribution is -0.144. The summed E-state index contributed by atoms with van der Waals surface area (Å²) in [4.78, 5) is 58.7. The molecule has 3 N–H and O–H groups in total. The van der Waals surface area contributed by atoms with Crippen molar-refractivity contribution in [3.8, 4) is 5.75 Å². The van der Waals surface area contributed by atoms with Gasteiger partial charge in [-0.2, -0.15) is 0 Å². The minimum atomic E-state index is -1.17. The monoisotopic (exact) mass is 756 g/mol. The lowest BCUT2D eigenvalue weighted by atomic mass is 9.96. The number of rotatable bonds is 19. The number of amides is 3. The molecule has 0 saturated carbocycles. The topological polar surface area (TPSA) is 128 Å². The number of fused-ring (bicyclic) bond motifs is 1. The SMILES string of the molecule is COc1ccccc1CN(C)CCN(C(=O)Cc1ccccc1Cl)C(CC(C)C)C(=O)NC(Cc1cccc2ccccc12)C(=O)NC(C(=O)O)C(C)C. The second-order valence-corrected chi connectivity index (χ2v) is 14.9. The van der Waals surface area contributed by atoms with Gasteiger partial charge in [0, 0.05) is 36.6 Å². The second-order valence-electron chi connectivity index (χ2n) is 14.5. The number of carbonyl (C=O) groups is 4. The van der Waals surface area contributed by atoms with E-state index in [-0.39, 0.29) is 31.2 Å². The van der Waals surface area contributed by atoms with Crippen LogP contribution in [0, 0.1) is 11.8 Å². The highest BCUT2D eigenvalue weighted by atomic mass is 35.5. The highest BCUT2D eigenvalue weighted by molar-refractivity contribution is 6.31. The fourth-order valence-corrected chi connectivity index (χ4v) is 6.80. The fourth-order valence-electron chi connectivity index (χ4n) is 6.60. The largest absolute Gasteiger partial charge is 0.496 e. The Morgan fingerprint density at radius 1 is 0.778 bits per heavy atom. The minimum Gasteiger partial charge on any atom is -0.496 e. The number of halogens is 1. The molecular formula is C43H53ClN4O6. The molecule has 3 amide bonds. The maximum absolute atomic E-state index is 14.6. The van der Waals surface area contributed by atoms with E-state index in [9.17, 15) is 24.3 Å². The molecule has 0 aromatic heterocycles. The van der Waals surface area contributed by atoms with Crippen LogP contribution in [0.3, 0.4) is 0 Å². The van der Waals surface area contributed by atoms with E-state index in [1.807, 2.05) is 93.7 Å². The van der Waals surface area contributed by atoms with Gasteiger partial charge in [-0.25, -0.2) is 4.79 Å². The van der Waals surface area contributed by atoms with E-state index in [1.165, 1.54) is 0 Å². The zero-order valence-corrected chi connectivity index (χ0v) is 32.8. The summed E-state index contributed by atoms with van der Waals surface area (Å²) in [5.74, 6) is -2.21. The summed E-state index contributed by atoms with van der Waals surface area (Å²) in [5.41, 5.74) is 2.44. The van der Waals surface area contributed by atoms with Gasteiger partial charge in [0.25, 0.3) is 0 Å². The summed E-state index contributed by atoms with van der Waals surface area (Å²) >= 11 is 6.50. The quantitative estimate of drug-likeness (QED) is 0.101. The van der Waals surface area contributed by atoms with Crippen LogP contribution in [0.15, 0.2) is 91.0 Å². The van der Waals surface area contributed by atoms with E-state index in [0.29, 0.717) is 30.1 Å². The normalized spacial score (nSPS) is 13.1. The number of carboxylic acids is 1. The van der Waals surface area contributed by atoms with Crippen LogP contribution in [0.25, 0.3) is 10.8 Å². The van der Waals surface area contributed by atoms with Crippen LogP contribution in [0.2, 0.25) is 5.02 Å². The van der Waals surface area contributed by atoms with Crippen LogP contribution in [-0.4, -0.2) is 84.0 Å². The van der Waals surface area contributed by atoms with Crippen molar-refractivity contribution in [1.29, 1.82) is 0 Å². The molecule has 0 heterocycles. The van der Waals surface area contributed by atoms with E-state index < -0.39 is 41.8 Å². The lowest BCUT2D eigenvalue weighted by Gasteiger charge is -2.35. The van der Waals surface area contributed by atoms with Crippen molar-refractivity contribution < 1.29 is 29.0 Å². The first-order valence-electron chi connectivity index (χ1n) is 18.4. The molecule has 3 unspecified atom stereocenters. The average Bonchev–Trinajstić information content (AvgIpc) is 3.13. The van der Waals surface area contributed by atoms with Gasteiger partial charge in [0.15, 0.2) is 0 Å². The Labute approximate surface area is 323 Å². The highest BCUT2D eigenvalue weighted by Crippen LogP contribution is 2.23. The molecule has 0 aliphatic heterocycles. The summed E-state index contributed by atoms with van der Waals surface area (Å²) in [6, 6.07) is 25.1. The standard InChI is InChI=1S/C43H53ClN4O6/c1-28(2)24-37(48(39(49)26-32-15-8-11-20-35(32)44)23-22-47(5)27-33-16-9-12-21-38(33)54-6)42(51)45-36(41(50)46-40(29(3)4)43(52)53)25-31-18-13-17-30-14-7-10-19-34(30)31/h7-21,28-29,36-37,40H,22-27H2,1-6H3,(H,45,51)(H,46,50)(H,52,53). The van der Waals surface area contributed by atoms with Gasteiger partial charge < -0.3 is 30.3 Å². The third-order valence-electron chi connectivity index (χ3n) is 9.52. The molecule has 3 atom stereocenters. The number of benzene rings is 4. The minimum absolute atomic E-state index is 0.00495. The Morgan fingerprint density at radius 3 is 2.07 bits per heavy atom. The Bertz CT molecular complexity index is 1890. The van der Waals surface area contributed by atoms with Crippen LogP contribution < -0.4 is 15.4 Å². The molecule has 10 nitrogen and oxygen atoms in total. The Hall–Kier alpha value is -4.93. The third kappa shape index (κ3) is 11.5. The van der Waals surface area contributed by atoms with Gasteiger partial charge in [-0.1, -0.05) is 118 Å². The van der Waals surface area contributed by atoms with Crippen molar-refractivity contribution in [3.63, 3.8) is 0 Å². The summed E-state index contributed by atoms with van der Waals surface area (Å²) < 4.78 is 5.55. The second kappa shape index (κ2) is 19.9. The number of ether oxygens (including phenoxy) is 1. The van der Waals surface area contributed by atoms with E-state index in [0.717, 1.165) is 27.6 Å².